The molecule has 0 aliphatic carbocycles. The third kappa shape index (κ3) is 3.93. The molecule has 1 aromatic rings. The Hall–Kier alpha value is -1.13. The number of rotatable bonds is 4. The highest BCUT2D eigenvalue weighted by atomic mass is 35.5. The molecule has 1 unspecified atom stereocenters. The monoisotopic (exact) mass is 300 g/mol. The fourth-order valence-corrected chi connectivity index (χ4v) is 2.47. The van der Waals surface area contributed by atoms with E-state index in [2.05, 4.69) is 10.6 Å². The first kappa shape index (κ1) is 16.9. The topological polar surface area (TPSA) is 41.1 Å². The van der Waals surface area contributed by atoms with Gasteiger partial charge in [0.05, 0.1) is 5.41 Å². The van der Waals surface area contributed by atoms with Crippen molar-refractivity contribution in [3.63, 3.8) is 0 Å². The van der Waals surface area contributed by atoms with Gasteiger partial charge in [0.15, 0.2) is 0 Å². The van der Waals surface area contributed by atoms with Crippen molar-refractivity contribution in [1.82, 2.24) is 10.6 Å². The van der Waals surface area contributed by atoms with E-state index in [4.69, 9.17) is 0 Å². The molecular weight excluding hydrogens is 279 g/mol. The summed E-state index contributed by atoms with van der Waals surface area (Å²) in [7, 11) is 0. The average Bonchev–Trinajstić information content (AvgIpc) is 2.80. The maximum atomic E-state index is 13.0. The molecule has 20 heavy (non-hydrogen) atoms. The highest BCUT2D eigenvalue weighted by Crippen LogP contribution is 2.24. The lowest BCUT2D eigenvalue weighted by molar-refractivity contribution is -0.129. The molecule has 1 atom stereocenters. The van der Waals surface area contributed by atoms with Gasteiger partial charge < -0.3 is 10.6 Å². The molecule has 0 spiro atoms. The van der Waals surface area contributed by atoms with Crippen molar-refractivity contribution in [1.29, 1.82) is 0 Å². The number of aryl methyl sites for hydroxylation is 1. The third-order valence-electron chi connectivity index (χ3n) is 3.90. The first-order valence-electron chi connectivity index (χ1n) is 6.75. The Labute approximate surface area is 125 Å². The molecule has 0 radical (unpaired) electrons. The van der Waals surface area contributed by atoms with Gasteiger partial charge in [-0.1, -0.05) is 6.07 Å². The Morgan fingerprint density at radius 1 is 1.50 bits per heavy atom. The smallest absolute Gasteiger partial charge is 0.227 e. The van der Waals surface area contributed by atoms with Crippen LogP contribution in [0.2, 0.25) is 0 Å². The molecule has 1 aromatic carbocycles. The van der Waals surface area contributed by atoms with Crippen molar-refractivity contribution >= 4 is 18.3 Å². The molecule has 5 heteroatoms. The van der Waals surface area contributed by atoms with Crippen LogP contribution in [0.15, 0.2) is 18.2 Å². The molecule has 1 amide bonds. The molecule has 0 aromatic heterocycles. The number of carbonyl (C=O) groups is 1. The lowest BCUT2D eigenvalue weighted by Gasteiger charge is -2.21. The first-order valence-corrected chi connectivity index (χ1v) is 6.75. The zero-order valence-corrected chi connectivity index (χ0v) is 12.8. The van der Waals surface area contributed by atoms with Gasteiger partial charge in [0, 0.05) is 13.1 Å². The summed E-state index contributed by atoms with van der Waals surface area (Å²) in [6, 6.07) is 4.78. The molecule has 0 bridgehead atoms. The fraction of sp³-hybridized carbons (Fsp3) is 0.533. The molecule has 112 valence electrons. The highest BCUT2D eigenvalue weighted by molar-refractivity contribution is 5.85. The summed E-state index contributed by atoms with van der Waals surface area (Å²) < 4.78 is 13.0. The van der Waals surface area contributed by atoms with Gasteiger partial charge in [0.2, 0.25) is 5.91 Å². The second-order valence-corrected chi connectivity index (χ2v) is 5.56. The van der Waals surface area contributed by atoms with Crippen molar-refractivity contribution < 1.29 is 9.18 Å². The fourth-order valence-electron chi connectivity index (χ4n) is 2.47. The van der Waals surface area contributed by atoms with Crippen LogP contribution in [0, 0.1) is 18.2 Å². The van der Waals surface area contributed by atoms with Crippen LogP contribution in [0.3, 0.4) is 0 Å². The lowest BCUT2D eigenvalue weighted by Crippen LogP contribution is -2.41. The SMILES string of the molecule is Cc1cc(F)ccc1CCNC(=O)C1(C)CCNC1.Cl. The summed E-state index contributed by atoms with van der Waals surface area (Å²) in [6.07, 6.45) is 1.62. The quantitative estimate of drug-likeness (QED) is 0.895. The number of hydrogen-bond acceptors (Lipinski definition) is 2. The summed E-state index contributed by atoms with van der Waals surface area (Å²) >= 11 is 0. The van der Waals surface area contributed by atoms with Crippen molar-refractivity contribution in [2.45, 2.75) is 26.7 Å². The van der Waals surface area contributed by atoms with Gasteiger partial charge in [0.25, 0.3) is 0 Å². The lowest BCUT2D eigenvalue weighted by atomic mass is 9.89. The van der Waals surface area contributed by atoms with Gasteiger partial charge >= 0.3 is 0 Å². The summed E-state index contributed by atoms with van der Waals surface area (Å²) in [5.74, 6) is -0.105. The number of benzene rings is 1. The Morgan fingerprint density at radius 2 is 2.25 bits per heavy atom. The second-order valence-electron chi connectivity index (χ2n) is 5.56. The van der Waals surface area contributed by atoms with Crippen molar-refractivity contribution in [3.8, 4) is 0 Å². The minimum Gasteiger partial charge on any atom is -0.355 e. The van der Waals surface area contributed by atoms with Crippen LogP contribution in [-0.2, 0) is 11.2 Å². The summed E-state index contributed by atoms with van der Waals surface area (Å²) in [5, 5.41) is 6.20. The molecular formula is C15H22ClFN2O. The predicted molar refractivity (Wildman–Crippen MR) is 80.7 cm³/mol. The van der Waals surface area contributed by atoms with Crippen LogP contribution in [0.25, 0.3) is 0 Å². The van der Waals surface area contributed by atoms with Crippen LogP contribution in [-0.4, -0.2) is 25.5 Å². The largest absolute Gasteiger partial charge is 0.355 e. The zero-order valence-electron chi connectivity index (χ0n) is 12.0. The van der Waals surface area contributed by atoms with Crippen molar-refractivity contribution in [2.75, 3.05) is 19.6 Å². The minimum absolute atomic E-state index is 0. The van der Waals surface area contributed by atoms with Crippen molar-refractivity contribution in [3.05, 3.63) is 35.1 Å². The summed E-state index contributed by atoms with van der Waals surface area (Å²) in [4.78, 5) is 12.1. The number of hydrogen-bond donors (Lipinski definition) is 2. The van der Waals surface area contributed by atoms with E-state index in [0.717, 1.165) is 37.1 Å². The predicted octanol–water partition coefficient (Wildman–Crippen LogP) is 2.21. The molecule has 1 aliphatic rings. The Morgan fingerprint density at radius 3 is 2.85 bits per heavy atom. The van der Waals surface area contributed by atoms with Gasteiger partial charge in [-0.25, -0.2) is 4.39 Å². The van der Waals surface area contributed by atoms with Crippen LogP contribution in [0.1, 0.15) is 24.5 Å². The Bertz CT molecular complexity index is 473. The van der Waals surface area contributed by atoms with E-state index >= 15 is 0 Å². The molecule has 2 rings (SSSR count). The van der Waals surface area contributed by atoms with E-state index in [0.29, 0.717) is 6.54 Å². The van der Waals surface area contributed by atoms with Gasteiger partial charge in [-0.2, -0.15) is 0 Å². The van der Waals surface area contributed by atoms with Gasteiger partial charge in [-0.15, -0.1) is 12.4 Å². The van der Waals surface area contributed by atoms with Crippen molar-refractivity contribution in [2.24, 2.45) is 5.41 Å². The molecule has 1 aliphatic heterocycles. The minimum atomic E-state index is -0.280. The van der Waals surface area contributed by atoms with Gasteiger partial charge in [-0.3, -0.25) is 4.79 Å². The number of carbonyl (C=O) groups excluding carboxylic acids is 1. The van der Waals surface area contributed by atoms with Gasteiger partial charge in [-0.05, 0) is 56.5 Å². The Balaban J connectivity index is 0.00000200. The van der Waals surface area contributed by atoms with E-state index in [1.54, 1.807) is 6.07 Å². The van der Waals surface area contributed by atoms with Crippen LogP contribution >= 0.6 is 12.4 Å². The number of nitrogens with one attached hydrogen (secondary N) is 2. The van der Waals surface area contributed by atoms with E-state index in [1.807, 2.05) is 13.8 Å². The van der Waals surface area contributed by atoms with Crippen LogP contribution in [0.5, 0.6) is 0 Å². The number of amides is 1. The molecule has 0 saturated carbocycles. The average molecular weight is 301 g/mol. The van der Waals surface area contributed by atoms with E-state index in [1.165, 1.54) is 12.1 Å². The van der Waals surface area contributed by atoms with Crippen LogP contribution in [0.4, 0.5) is 4.39 Å². The molecule has 1 heterocycles. The highest BCUT2D eigenvalue weighted by Gasteiger charge is 2.35. The Kier molecular flexibility index (Phi) is 5.96. The molecule has 1 saturated heterocycles. The standard InChI is InChI=1S/C15H21FN2O.ClH/c1-11-9-13(16)4-3-12(11)5-7-18-14(19)15(2)6-8-17-10-15;/h3-4,9,17H,5-8,10H2,1-2H3,(H,18,19);1H. The molecule has 1 fully saturated rings. The van der Waals surface area contributed by atoms with E-state index in [-0.39, 0.29) is 29.5 Å². The van der Waals surface area contributed by atoms with Crippen LogP contribution < -0.4 is 10.6 Å². The number of halogens is 2. The third-order valence-corrected chi connectivity index (χ3v) is 3.90. The zero-order chi connectivity index (χ0) is 13.9. The van der Waals surface area contributed by atoms with E-state index < -0.39 is 0 Å². The maximum absolute atomic E-state index is 13.0. The summed E-state index contributed by atoms with van der Waals surface area (Å²) in [6.45, 7) is 6.13. The maximum Gasteiger partial charge on any atom is 0.227 e. The first-order chi connectivity index (χ1) is 9.01. The normalized spacial score (nSPS) is 21.4. The molecule has 2 N–H and O–H groups in total. The van der Waals surface area contributed by atoms with E-state index in [9.17, 15) is 9.18 Å². The van der Waals surface area contributed by atoms with Gasteiger partial charge in [0.1, 0.15) is 5.82 Å². The molecule has 3 nitrogen and oxygen atoms in total. The summed E-state index contributed by atoms with van der Waals surface area (Å²) in [5.41, 5.74) is 1.73. The second kappa shape index (κ2) is 7.04.